The molecule has 1 unspecified atom stereocenters. The van der Waals surface area contributed by atoms with Crippen LogP contribution in [0, 0.1) is 5.92 Å². The minimum Gasteiger partial charge on any atom is -0.390 e. The van der Waals surface area contributed by atoms with E-state index in [1.165, 1.54) is 0 Å². The number of ether oxygens (including phenoxy) is 1. The molecule has 16 heavy (non-hydrogen) atoms. The second-order valence-corrected chi connectivity index (χ2v) is 5.28. The van der Waals surface area contributed by atoms with E-state index in [1.54, 1.807) is 0 Å². The van der Waals surface area contributed by atoms with Gasteiger partial charge in [0.25, 0.3) is 0 Å². The summed E-state index contributed by atoms with van der Waals surface area (Å²) in [6.45, 7) is 7.21. The fourth-order valence-corrected chi connectivity index (χ4v) is 3.16. The molecule has 2 aliphatic heterocycles. The molecule has 0 amide bonds. The maximum Gasteiger partial charge on any atom is 0.0690 e. The van der Waals surface area contributed by atoms with Crippen LogP contribution < -0.4 is 0 Å². The first kappa shape index (κ1) is 12.3. The Balaban J connectivity index is 1.94. The van der Waals surface area contributed by atoms with Gasteiger partial charge in [-0.1, -0.05) is 6.92 Å². The van der Waals surface area contributed by atoms with E-state index in [0.717, 1.165) is 65.0 Å². The Kier molecular flexibility index (Phi) is 4.22. The van der Waals surface area contributed by atoms with Gasteiger partial charge < -0.3 is 14.7 Å². The second-order valence-electron chi connectivity index (χ2n) is 5.28. The Bertz CT molecular complexity index is 216. The molecule has 2 fully saturated rings. The van der Waals surface area contributed by atoms with Gasteiger partial charge in [0.05, 0.1) is 5.60 Å². The summed E-state index contributed by atoms with van der Waals surface area (Å²) in [5.74, 6) is 0.470. The Morgan fingerprint density at radius 2 is 2.00 bits per heavy atom. The van der Waals surface area contributed by atoms with Crippen molar-refractivity contribution >= 4 is 0 Å². The first-order valence-corrected chi connectivity index (χ1v) is 6.77. The summed E-state index contributed by atoms with van der Waals surface area (Å²) >= 11 is 0. The van der Waals surface area contributed by atoms with Crippen LogP contribution >= 0.6 is 0 Å². The topological polar surface area (TPSA) is 32.7 Å². The van der Waals surface area contributed by atoms with E-state index in [4.69, 9.17) is 4.74 Å². The number of rotatable bonds is 2. The van der Waals surface area contributed by atoms with Gasteiger partial charge in [-0.05, 0) is 51.1 Å². The van der Waals surface area contributed by atoms with Crippen LogP contribution in [0.5, 0.6) is 0 Å². The molecule has 2 heterocycles. The first-order valence-electron chi connectivity index (χ1n) is 6.77. The molecule has 0 bridgehead atoms. The van der Waals surface area contributed by atoms with Crippen molar-refractivity contribution in [2.24, 2.45) is 5.92 Å². The van der Waals surface area contributed by atoms with Gasteiger partial charge in [-0.3, -0.25) is 0 Å². The van der Waals surface area contributed by atoms with E-state index < -0.39 is 5.60 Å². The third-order valence-corrected chi connectivity index (χ3v) is 4.37. The molecule has 3 heteroatoms. The number of nitrogens with zero attached hydrogens (tertiary/aromatic N) is 1. The van der Waals surface area contributed by atoms with Crippen LogP contribution in [0.4, 0.5) is 0 Å². The quantitative estimate of drug-likeness (QED) is 0.778. The van der Waals surface area contributed by atoms with Crippen LogP contribution in [-0.4, -0.2) is 48.5 Å². The van der Waals surface area contributed by atoms with Crippen LogP contribution in [0.3, 0.4) is 0 Å². The van der Waals surface area contributed by atoms with E-state index >= 15 is 0 Å². The Morgan fingerprint density at radius 3 is 2.69 bits per heavy atom. The predicted molar refractivity (Wildman–Crippen MR) is 64.5 cm³/mol. The normalized spacial score (nSPS) is 34.9. The molecule has 1 N–H and O–H groups in total. The standard InChI is InChI=1S/C13H25NO2/c1-2-14-8-3-6-13(15,7-9-14)12-4-10-16-11-5-12/h12,15H,2-11H2,1H3. The highest BCUT2D eigenvalue weighted by Crippen LogP contribution is 2.35. The van der Waals surface area contributed by atoms with Gasteiger partial charge in [-0.2, -0.15) is 0 Å². The smallest absolute Gasteiger partial charge is 0.0690 e. The van der Waals surface area contributed by atoms with Gasteiger partial charge in [0.2, 0.25) is 0 Å². The van der Waals surface area contributed by atoms with Crippen LogP contribution in [0.15, 0.2) is 0 Å². The van der Waals surface area contributed by atoms with Gasteiger partial charge >= 0.3 is 0 Å². The van der Waals surface area contributed by atoms with E-state index in [2.05, 4.69) is 11.8 Å². The lowest BCUT2D eigenvalue weighted by Crippen LogP contribution is -2.41. The lowest BCUT2D eigenvalue weighted by atomic mass is 9.77. The summed E-state index contributed by atoms with van der Waals surface area (Å²) in [6, 6.07) is 0. The largest absolute Gasteiger partial charge is 0.390 e. The lowest BCUT2D eigenvalue weighted by Gasteiger charge is -2.38. The highest BCUT2D eigenvalue weighted by atomic mass is 16.5. The van der Waals surface area contributed by atoms with Crippen LogP contribution in [-0.2, 0) is 4.74 Å². The molecule has 0 aliphatic carbocycles. The molecule has 3 nitrogen and oxygen atoms in total. The molecule has 0 aromatic carbocycles. The Hall–Kier alpha value is -0.120. The summed E-state index contributed by atoms with van der Waals surface area (Å²) in [5.41, 5.74) is -0.409. The molecule has 0 aromatic rings. The van der Waals surface area contributed by atoms with Crippen molar-refractivity contribution in [3.8, 4) is 0 Å². The molecule has 0 spiro atoms. The average molecular weight is 227 g/mol. The SMILES string of the molecule is CCN1CCCC(O)(C2CCOCC2)CC1. The highest BCUT2D eigenvalue weighted by Gasteiger charge is 2.38. The maximum atomic E-state index is 10.8. The Morgan fingerprint density at radius 1 is 1.25 bits per heavy atom. The van der Waals surface area contributed by atoms with Crippen LogP contribution in [0.1, 0.15) is 39.0 Å². The average Bonchev–Trinajstić information content (AvgIpc) is 2.53. The van der Waals surface area contributed by atoms with Crippen LogP contribution in [0.2, 0.25) is 0 Å². The summed E-state index contributed by atoms with van der Waals surface area (Å²) < 4.78 is 5.39. The fraction of sp³-hybridized carbons (Fsp3) is 1.00. The molecule has 94 valence electrons. The molecule has 2 rings (SSSR count). The Labute approximate surface area is 98.8 Å². The molecule has 0 aromatic heterocycles. The molecule has 2 saturated heterocycles. The lowest BCUT2D eigenvalue weighted by molar-refractivity contribution is -0.0736. The zero-order valence-electron chi connectivity index (χ0n) is 10.5. The molecule has 0 saturated carbocycles. The van der Waals surface area contributed by atoms with E-state index in [9.17, 15) is 5.11 Å². The zero-order valence-corrected chi connectivity index (χ0v) is 10.5. The third-order valence-electron chi connectivity index (χ3n) is 4.37. The number of hydrogen-bond acceptors (Lipinski definition) is 3. The molecule has 1 atom stereocenters. The predicted octanol–water partition coefficient (Wildman–Crippen LogP) is 1.65. The fourth-order valence-electron chi connectivity index (χ4n) is 3.16. The van der Waals surface area contributed by atoms with Crippen molar-refractivity contribution in [3.05, 3.63) is 0 Å². The molecular weight excluding hydrogens is 202 g/mol. The van der Waals surface area contributed by atoms with Crippen molar-refractivity contribution in [1.29, 1.82) is 0 Å². The van der Waals surface area contributed by atoms with Crippen molar-refractivity contribution in [3.63, 3.8) is 0 Å². The van der Waals surface area contributed by atoms with E-state index in [-0.39, 0.29) is 0 Å². The van der Waals surface area contributed by atoms with E-state index in [1.807, 2.05) is 0 Å². The third kappa shape index (κ3) is 2.76. The summed E-state index contributed by atoms with van der Waals surface area (Å²) in [7, 11) is 0. The summed E-state index contributed by atoms with van der Waals surface area (Å²) in [6.07, 6.45) is 5.16. The van der Waals surface area contributed by atoms with Gasteiger partial charge in [-0.25, -0.2) is 0 Å². The zero-order chi connectivity index (χ0) is 11.4. The van der Waals surface area contributed by atoms with Crippen molar-refractivity contribution in [2.75, 3.05) is 32.8 Å². The minimum absolute atomic E-state index is 0.409. The minimum atomic E-state index is -0.409. The van der Waals surface area contributed by atoms with Gasteiger partial charge in [0.15, 0.2) is 0 Å². The van der Waals surface area contributed by atoms with Crippen molar-refractivity contribution < 1.29 is 9.84 Å². The van der Waals surface area contributed by atoms with Crippen LogP contribution in [0.25, 0.3) is 0 Å². The van der Waals surface area contributed by atoms with Crippen molar-refractivity contribution in [2.45, 2.75) is 44.6 Å². The first-order chi connectivity index (χ1) is 7.74. The second kappa shape index (κ2) is 5.48. The van der Waals surface area contributed by atoms with Gasteiger partial charge in [0, 0.05) is 19.8 Å². The van der Waals surface area contributed by atoms with Gasteiger partial charge in [-0.15, -0.1) is 0 Å². The number of likely N-dealkylation sites (tertiary alicyclic amines) is 1. The maximum absolute atomic E-state index is 10.8. The molecular formula is C13H25NO2. The van der Waals surface area contributed by atoms with E-state index in [0.29, 0.717) is 5.92 Å². The monoisotopic (exact) mass is 227 g/mol. The summed E-state index contributed by atoms with van der Waals surface area (Å²) in [5, 5.41) is 10.8. The molecule has 2 aliphatic rings. The number of hydrogen-bond donors (Lipinski definition) is 1. The highest BCUT2D eigenvalue weighted by molar-refractivity contribution is 4.90. The summed E-state index contributed by atoms with van der Waals surface area (Å²) in [4.78, 5) is 2.46. The van der Waals surface area contributed by atoms with Crippen molar-refractivity contribution in [1.82, 2.24) is 4.90 Å². The van der Waals surface area contributed by atoms with Gasteiger partial charge in [0.1, 0.15) is 0 Å². The number of aliphatic hydroxyl groups is 1. The molecule has 0 radical (unpaired) electrons.